The quantitative estimate of drug-likeness (QED) is 0.799. The number of hydrogen-bond donors (Lipinski definition) is 1. The number of piperidine rings is 1. The van der Waals surface area contributed by atoms with Gasteiger partial charge in [0.15, 0.2) is 0 Å². The Bertz CT molecular complexity index is 365. The number of nitrogens with two attached hydrogens (primary N) is 1. The smallest absolute Gasteiger partial charge is 0.211 e. The first-order valence-corrected chi connectivity index (χ1v) is 9.02. The second kappa shape index (κ2) is 5.88. The van der Waals surface area contributed by atoms with E-state index in [0.717, 1.165) is 38.1 Å². The molecule has 106 valence electrons. The Hall–Kier alpha value is -0.130. The van der Waals surface area contributed by atoms with E-state index in [1.165, 1.54) is 25.5 Å². The highest BCUT2D eigenvalue weighted by Gasteiger charge is 2.29. The van der Waals surface area contributed by atoms with Crippen LogP contribution < -0.4 is 5.73 Å². The summed E-state index contributed by atoms with van der Waals surface area (Å²) < 4.78 is 24.7. The van der Waals surface area contributed by atoms with Crippen molar-refractivity contribution in [2.75, 3.05) is 19.3 Å². The zero-order valence-electron chi connectivity index (χ0n) is 11.3. The molecule has 5 heteroatoms. The molecular formula is C13H26N2O2S. The number of nitrogens with zero attached hydrogens (tertiary/aromatic N) is 1. The molecule has 0 amide bonds. The van der Waals surface area contributed by atoms with Crippen LogP contribution in [0.1, 0.15) is 44.9 Å². The summed E-state index contributed by atoms with van der Waals surface area (Å²) in [7, 11) is -2.99. The molecule has 1 heterocycles. The average Bonchev–Trinajstić information content (AvgIpc) is 3.12. The van der Waals surface area contributed by atoms with Crippen molar-refractivity contribution in [1.29, 1.82) is 0 Å². The van der Waals surface area contributed by atoms with Crippen LogP contribution in [0.4, 0.5) is 0 Å². The fraction of sp³-hybridized carbons (Fsp3) is 1.00. The lowest BCUT2D eigenvalue weighted by molar-refractivity contribution is 0.250. The zero-order valence-corrected chi connectivity index (χ0v) is 12.2. The Morgan fingerprint density at radius 1 is 1.33 bits per heavy atom. The van der Waals surface area contributed by atoms with Crippen LogP contribution in [0.15, 0.2) is 0 Å². The van der Waals surface area contributed by atoms with Crippen LogP contribution in [0, 0.1) is 11.8 Å². The average molecular weight is 274 g/mol. The maximum absolute atomic E-state index is 11.5. The summed E-state index contributed by atoms with van der Waals surface area (Å²) in [6.07, 6.45) is 9.51. The molecule has 2 unspecified atom stereocenters. The summed E-state index contributed by atoms with van der Waals surface area (Å²) in [4.78, 5) is 0. The van der Waals surface area contributed by atoms with Crippen molar-refractivity contribution in [2.24, 2.45) is 17.6 Å². The molecule has 0 aromatic rings. The van der Waals surface area contributed by atoms with E-state index < -0.39 is 10.0 Å². The van der Waals surface area contributed by atoms with E-state index in [4.69, 9.17) is 5.73 Å². The van der Waals surface area contributed by atoms with Crippen LogP contribution in [0.3, 0.4) is 0 Å². The molecule has 0 bridgehead atoms. The highest BCUT2D eigenvalue weighted by Crippen LogP contribution is 2.34. The van der Waals surface area contributed by atoms with Crippen molar-refractivity contribution in [3.8, 4) is 0 Å². The van der Waals surface area contributed by atoms with Crippen molar-refractivity contribution >= 4 is 10.0 Å². The van der Waals surface area contributed by atoms with E-state index in [-0.39, 0.29) is 0 Å². The normalized spacial score (nSPS) is 28.2. The third-order valence-corrected chi connectivity index (χ3v) is 5.60. The maximum atomic E-state index is 11.5. The van der Waals surface area contributed by atoms with E-state index in [2.05, 4.69) is 0 Å². The summed E-state index contributed by atoms with van der Waals surface area (Å²) in [6.45, 7) is 1.43. The van der Waals surface area contributed by atoms with Gasteiger partial charge in [0.05, 0.1) is 6.26 Å². The Labute approximate surface area is 111 Å². The first-order valence-electron chi connectivity index (χ1n) is 7.17. The van der Waals surface area contributed by atoms with Gasteiger partial charge in [-0.2, -0.15) is 0 Å². The summed E-state index contributed by atoms with van der Waals surface area (Å²) in [5.74, 6) is 1.32. The lowest BCUT2D eigenvalue weighted by Gasteiger charge is -2.31. The van der Waals surface area contributed by atoms with Crippen LogP contribution in [0.5, 0.6) is 0 Å². The molecule has 2 N–H and O–H groups in total. The Morgan fingerprint density at radius 2 is 2.06 bits per heavy atom. The summed E-state index contributed by atoms with van der Waals surface area (Å²) in [6, 6.07) is 0.389. The van der Waals surface area contributed by atoms with Crippen molar-refractivity contribution in [1.82, 2.24) is 4.31 Å². The topological polar surface area (TPSA) is 63.4 Å². The van der Waals surface area contributed by atoms with Crippen molar-refractivity contribution < 1.29 is 8.42 Å². The van der Waals surface area contributed by atoms with Gasteiger partial charge in [0.25, 0.3) is 0 Å². The molecule has 1 aliphatic carbocycles. The van der Waals surface area contributed by atoms with E-state index in [1.807, 2.05) is 0 Å². The van der Waals surface area contributed by atoms with Gasteiger partial charge in [0.1, 0.15) is 0 Å². The molecule has 2 fully saturated rings. The second-order valence-electron chi connectivity index (χ2n) is 6.06. The minimum absolute atomic E-state index is 0.389. The van der Waals surface area contributed by atoms with Gasteiger partial charge >= 0.3 is 0 Å². The van der Waals surface area contributed by atoms with E-state index in [1.54, 1.807) is 4.31 Å². The lowest BCUT2D eigenvalue weighted by atomic mass is 9.92. The summed E-state index contributed by atoms with van der Waals surface area (Å²) in [5, 5.41) is 0. The van der Waals surface area contributed by atoms with Crippen LogP contribution in [0.25, 0.3) is 0 Å². The van der Waals surface area contributed by atoms with Gasteiger partial charge in [-0.25, -0.2) is 12.7 Å². The molecule has 0 radical (unpaired) electrons. The second-order valence-corrected chi connectivity index (χ2v) is 8.04. The van der Waals surface area contributed by atoms with Gasteiger partial charge in [-0.15, -0.1) is 0 Å². The Balaban J connectivity index is 1.69. The Kier molecular flexibility index (Phi) is 4.67. The molecule has 0 aromatic carbocycles. The fourth-order valence-electron chi connectivity index (χ4n) is 2.97. The van der Waals surface area contributed by atoms with Gasteiger partial charge in [0, 0.05) is 19.1 Å². The highest BCUT2D eigenvalue weighted by molar-refractivity contribution is 7.88. The minimum Gasteiger partial charge on any atom is -0.327 e. The number of sulfonamides is 1. The first kappa shape index (κ1) is 14.3. The molecule has 2 atom stereocenters. The molecule has 2 aliphatic rings. The van der Waals surface area contributed by atoms with Gasteiger partial charge < -0.3 is 5.73 Å². The highest BCUT2D eigenvalue weighted by atomic mass is 32.2. The molecule has 1 saturated carbocycles. The summed E-state index contributed by atoms with van der Waals surface area (Å²) in [5.41, 5.74) is 6.08. The van der Waals surface area contributed by atoms with Crippen LogP contribution in [-0.4, -0.2) is 38.1 Å². The van der Waals surface area contributed by atoms with Gasteiger partial charge in [-0.05, 0) is 50.4 Å². The third-order valence-electron chi connectivity index (χ3n) is 4.33. The zero-order chi connectivity index (χ0) is 13.2. The third kappa shape index (κ3) is 4.21. The molecule has 4 nitrogen and oxygen atoms in total. The molecule has 1 aliphatic heterocycles. The first-order chi connectivity index (χ1) is 8.47. The molecular weight excluding hydrogens is 248 g/mol. The largest absolute Gasteiger partial charge is 0.327 e. The number of hydrogen-bond acceptors (Lipinski definition) is 3. The van der Waals surface area contributed by atoms with E-state index >= 15 is 0 Å². The SMILES string of the molecule is CS(=O)(=O)N1CCCC(CCCC(N)C2CC2)C1. The predicted octanol–water partition coefficient (Wildman–Crippen LogP) is 1.57. The standard InChI is InChI=1S/C13H26N2O2S/c1-18(16,17)15-9-3-5-11(10-15)4-2-6-13(14)12-7-8-12/h11-13H,2-10,14H2,1H3. The van der Waals surface area contributed by atoms with Gasteiger partial charge in [0.2, 0.25) is 10.0 Å². The van der Waals surface area contributed by atoms with Crippen LogP contribution in [0.2, 0.25) is 0 Å². The maximum Gasteiger partial charge on any atom is 0.211 e. The molecule has 1 saturated heterocycles. The van der Waals surface area contributed by atoms with Crippen molar-refractivity contribution in [3.63, 3.8) is 0 Å². The molecule has 0 aromatic heterocycles. The van der Waals surface area contributed by atoms with E-state index in [9.17, 15) is 8.42 Å². The predicted molar refractivity (Wildman–Crippen MR) is 73.7 cm³/mol. The fourth-order valence-corrected chi connectivity index (χ4v) is 3.91. The Morgan fingerprint density at radius 3 is 2.67 bits per heavy atom. The molecule has 0 spiro atoms. The van der Waals surface area contributed by atoms with E-state index in [0.29, 0.717) is 18.5 Å². The molecule has 18 heavy (non-hydrogen) atoms. The monoisotopic (exact) mass is 274 g/mol. The van der Waals surface area contributed by atoms with Gasteiger partial charge in [-0.1, -0.05) is 6.42 Å². The van der Waals surface area contributed by atoms with Crippen molar-refractivity contribution in [2.45, 2.75) is 51.0 Å². The lowest BCUT2D eigenvalue weighted by Crippen LogP contribution is -2.39. The van der Waals surface area contributed by atoms with Crippen LogP contribution in [-0.2, 0) is 10.0 Å². The van der Waals surface area contributed by atoms with Gasteiger partial charge in [-0.3, -0.25) is 0 Å². The molecule has 2 rings (SSSR count). The summed E-state index contributed by atoms with van der Waals surface area (Å²) >= 11 is 0. The number of rotatable bonds is 6. The minimum atomic E-state index is -2.99. The van der Waals surface area contributed by atoms with Crippen molar-refractivity contribution in [3.05, 3.63) is 0 Å². The van der Waals surface area contributed by atoms with Crippen LogP contribution >= 0.6 is 0 Å².